The fourth-order valence-corrected chi connectivity index (χ4v) is 4.81. The maximum atomic E-state index is 13.4. The predicted octanol–water partition coefficient (Wildman–Crippen LogP) is 4.61. The highest BCUT2D eigenvalue weighted by atomic mass is 79.9. The predicted molar refractivity (Wildman–Crippen MR) is 128 cm³/mol. The van der Waals surface area contributed by atoms with Crippen molar-refractivity contribution in [3.63, 3.8) is 0 Å². The molecular formula is C23H23BrN2O5S. The number of aryl methyl sites for hydroxylation is 1. The van der Waals surface area contributed by atoms with Crippen molar-refractivity contribution < 1.29 is 22.7 Å². The number of carbonyl (C=O) groups excluding carboxylic acids is 1. The molecule has 3 aromatic rings. The van der Waals surface area contributed by atoms with E-state index in [0.717, 1.165) is 9.87 Å². The Morgan fingerprint density at radius 2 is 1.72 bits per heavy atom. The maximum absolute atomic E-state index is 13.4. The van der Waals surface area contributed by atoms with Gasteiger partial charge in [0, 0.05) is 10.5 Å². The zero-order valence-corrected chi connectivity index (χ0v) is 20.2. The average Bonchev–Trinajstić information content (AvgIpc) is 2.78. The first-order chi connectivity index (χ1) is 15.2. The molecule has 0 atom stereocenters. The molecule has 7 nitrogen and oxygen atoms in total. The molecule has 0 bridgehead atoms. The quantitative estimate of drug-likeness (QED) is 0.470. The molecule has 168 valence electrons. The van der Waals surface area contributed by atoms with E-state index < -0.39 is 22.5 Å². The Labute approximate surface area is 196 Å². The number of hydrogen-bond donors (Lipinski definition) is 1. The van der Waals surface area contributed by atoms with Gasteiger partial charge in [-0.2, -0.15) is 0 Å². The summed E-state index contributed by atoms with van der Waals surface area (Å²) in [5, 5.41) is 2.72. The third kappa shape index (κ3) is 5.41. The number of methoxy groups -OCH3 is 2. The number of halogens is 1. The van der Waals surface area contributed by atoms with Crippen molar-refractivity contribution in [3.05, 3.63) is 76.8 Å². The minimum Gasteiger partial charge on any atom is -0.497 e. The van der Waals surface area contributed by atoms with Crippen LogP contribution in [0, 0.1) is 6.92 Å². The smallest absolute Gasteiger partial charge is 0.264 e. The lowest BCUT2D eigenvalue weighted by molar-refractivity contribution is -0.114. The molecule has 3 rings (SSSR count). The van der Waals surface area contributed by atoms with Gasteiger partial charge in [-0.25, -0.2) is 8.42 Å². The van der Waals surface area contributed by atoms with E-state index in [-0.39, 0.29) is 4.90 Å². The summed E-state index contributed by atoms with van der Waals surface area (Å²) in [5.74, 6) is 0.440. The summed E-state index contributed by atoms with van der Waals surface area (Å²) in [7, 11) is -1.00. The zero-order chi connectivity index (χ0) is 23.3. The van der Waals surface area contributed by atoms with Gasteiger partial charge in [-0.15, -0.1) is 0 Å². The van der Waals surface area contributed by atoms with Gasteiger partial charge in [0.05, 0.1) is 30.5 Å². The molecule has 0 radical (unpaired) electrons. The highest BCUT2D eigenvalue weighted by Gasteiger charge is 2.27. The number of carbonyl (C=O) groups is 1. The largest absolute Gasteiger partial charge is 0.497 e. The number of nitrogens with zero attached hydrogens (tertiary/aromatic N) is 1. The van der Waals surface area contributed by atoms with Crippen LogP contribution in [0.1, 0.15) is 5.56 Å². The SMILES string of the molecule is COc1ccc(NC(=O)CN(c2cccc(Br)c2)S(=O)(=O)c2ccc(C)cc2)c(OC)c1. The average molecular weight is 519 g/mol. The number of hydrogen-bond acceptors (Lipinski definition) is 5. The molecule has 0 saturated heterocycles. The first kappa shape index (κ1) is 23.6. The summed E-state index contributed by atoms with van der Waals surface area (Å²) >= 11 is 3.36. The molecule has 0 aliphatic heterocycles. The van der Waals surface area contributed by atoms with E-state index in [4.69, 9.17) is 9.47 Å². The summed E-state index contributed by atoms with van der Waals surface area (Å²) in [5.41, 5.74) is 1.69. The van der Waals surface area contributed by atoms with Crippen LogP contribution in [0.25, 0.3) is 0 Å². The molecular weight excluding hydrogens is 496 g/mol. The Balaban J connectivity index is 1.94. The van der Waals surface area contributed by atoms with E-state index in [1.807, 2.05) is 6.92 Å². The molecule has 0 aliphatic carbocycles. The number of ether oxygens (including phenoxy) is 2. The van der Waals surface area contributed by atoms with Crippen molar-refractivity contribution in [2.24, 2.45) is 0 Å². The fraction of sp³-hybridized carbons (Fsp3) is 0.174. The molecule has 0 aliphatic rings. The van der Waals surface area contributed by atoms with Crippen molar-refractivity contribution in [1.82, 2.24) is 0 Å². The lowest BCUT2D eigenvalue weighted by atomic mass is 10.2. The summed E-state index contributed by atoms with van der Waals surface area (Å²) in [6.45, 7) is 1.44. The Morgan fingerprint density at radius 1 is 1.00 bits per heavy atom. The number of amides is 1. The van der Waals surface area contributed by atoms with Crippen LogP contribution in [0.15, 0.2) is 76.1 Å². The van der Waals surface area contributed by atoms with Crippen LogP contribution in [-0.4, -0.2) is 35.1 Å². The number of anilines is 2. The van der Waals surface area contributed by atoms with Crippen LogP contribution >= 0.6 is 15.9 Å². The van der Waals surface area contributed by atoms with Gasteiger partial charge in [0.15, 0.2) is 0 Å². The number of benzene rings is 3. The van der Waals surface area contributed by atoms with Crippen molar-refractivity contribution in [3.8, 4) is 11.5 Å². The van der Waals surface area contributed by atoms with E-state index in [9.17, 15) is 13.2 Å². The summed E-state index contributed by atoms with van der Waals surface area (Å²) in [6.07, 6.45) is 0. The molecule has 0 heterocycles. The van der Waals surface area contributed by atoms with Gasteiger partial charge in [-0.3, -0.25) is 9.10 Å². The number of sulfonamides is 1. The van der Waals surface area contributed by atoms with Crippen LogP contribution in [-0.2, 0) is 14.8 Å². The first-order valence-electron chi connectivity index (χ1n) is 9.61. The van der Waals surface area contributed by atoms with Crippen molar-refractivity contribution in [2.75, 3.05) is 30.4 Å². The van der Waals surface area contributed by atoms with Crippen LogP contribution < -0.4 is 19.1 Å². The van der Waals surface area contributed by atoms with Gasteiger partial charge < -0.3 is 14.8 Å². The molecule has 0 aromatic heterocycles. The molecule has 32 heavy (non-hydrogen) atoms. The van der Waals surface area contributed by atoms with E-state index in [0.29, 0.717) is 27.3 Å². The van der Waals surface area contributed by atoms with Gasteiger partial charge in [0.2, 0.25) is 5.91 Å². The molecule has 0 unspecified atom stereocenters. The second-order valence-electron chi connectivity index (χ2n) is 6.92. The van der Waals surface area contributed by atoms with Gasteiger partial charge in [0.25, 0.3) is 10.0 Å². The van der Waals surface area contributed by atoms with Crippen molar-refractivity contribution in [2.45, 2.75) is 11.8 Å². The Morgan fingerprint density at radius 3 is 2.34 bits per heavy atom. The minimum atomic E-state index is -4.00. The highest BCUT2D eigenvalue weighted by molar-refractivity contribution is 9.10. The summed E-state index contributed by atoms with van der Waals surface area (Å²) in [4.78, 5) is 13.0. The molecule has 3 aromatic carbocycles. The summed E-state index contributed by atoms with van der Waals surface area (Å²) in [6, 6.07) is 18.2. The molecule has 0 fully saturated rings. The fourth-order valence-electron chi connectivity index (χ4n) is 3.01. The van der Waals surface area contributed by atoms with E-state index in [2.05, 4.69) is 21.2 Å². The van der Waals surface area contributed by atoms with Crippen LogP contribution in [0.3, 0.4) is 0 Å². The van der Waals surface area contributed by atoms with Crippen LogP contribution in [0.4, 0.5) is 11.4 Å². The Bertz CT molecular complexity index is 1210. The molecule has 1 amide bonds. The lowest BCUT2D eigenvalue weighted by Gasteiger charge is -2.24. The topological polar surface area (TPSA) is 84.9 Å². The number of nitrogens with one attached hydrogen (secondary N) is 1. The van der Waals surface area contributed by atoms with Gasteiger partial charge in [-0.05, 0) is 49.4 Å². The second-order valence-corrected chi connectivity index (χ2v) is 9.70. The summed E-state index contributed by atoms with van der Waals surface area (Å²) < 4.78 is 39.1. The first-order valence-corrected chi connectivity index (χ1v) is 11.8. The normalized spacial score (nSPS) is 11.0. The van der Waals surface area contributed by atoms with Crippen LogP contribution in [0.2, 0.25) is 0 Å². The Hall–Kier alpha value is -3.04. The van der Waals surface area contributed by atoms with Crippen molar-refractivity contribution in [1.29, 1.82) is 0 Å². The minimum absolute atomic E-state index is 0.0953. The molecule has 0 spiro atoms. The van der Waals surface area contributed by atoms with Gasteiger partial charge >= 0.3 is 0 Å². The van der Waals surface area contributed by atoms with E-state index in [1.54, 1.807) is 54.6 Å². The maximum Gasteiger partial charge on any atom is 0.264 e. The highest BCUT2D eigenvalue weighted by Crippen LogP contribution is 2.30. The lowest BCUT2D eigenvalue weighted by Crippen LogP contribution is -2.38. The van der Waals surface area contributed by atoms with Gasteiger partial charge in [0.1, 0.15) is 18.0 Å². The Kier molecular flexibility index (Phi) is 7.42. The second kappa shape index (κ2) is 10.1. The zero-order valence-electron chi connectivity index (χ0n) is 17.8. The third-order valence-electron chi connectivity index (χ3n) is 4.68. The standard InChI is InChI=1S/C23H23BrN2O5S/c1-16-7-10-20(11-8-16)32(28,29)26(18-6-4-5-17(24)13-18)15-23(27)25-21-12-9-19(30-2)14-22(21)31-3/h4-14H,15H2,1-3H3,(H,25,27). The monoisotopic (exact) mass is 518 g/mol. The van der Waals surface area contributed by atoms with E-state index in [1.165, 1.54) is 26.4 Å². The van der Waals surface area contributed by atoms with Gasteiger partial charge in [-0.1, -0.05) is 39.7 Å². The number of rotatable bonds is 8. The van der Waals surface area contributed by atoms with Crippen LogP contribution in [0.5, 0.6) is 11.5 Å². The van der Waals surface area contributed by atoms with E-state index >= 15 is 0 Å². The third-order valence-corrected chi connectivity index (χ3v) is 6.96. The molecule has 9 heteroatoms. The molecule has 1 N–H and O–H groups in total. The molecule has 0 saturated carbocycles. The van der Waals surface area contributed by atoms with Crippen molar-refractivity contribution >= 4 is 43.2 Å².